The first kappa shape index (κ1) is 12.6. The van der Waals surface area contributed by atoms with Gasteiger partial charge in [0.25, 0.3) is 11.6 Å². The molecule has 0 aliphatic heterocycles. The van der Waals surface area contributed by atoms with Gasteiger partial charge in [0.1, 0.15) is 5.75 Å². The highest BCUT2D eigenvalue weighted by Gasteiger charge is 2.17. The van der Waals surface area contributed by atoms with Crippen LogP contribution in [0.5, 0.6) is 5.75 Å². The van der Waals surface area contributed by atoms with Crippen LogP contribution in [0.2, 0.25) is 0 Å². The standard InChI is InChI=1S/C11H9N3O5/c1-6-5-12-19-10(6)11(16)13-8-4-7(14(17)18)2-3-9(8)15/h2-5,15H,1H3,(H,13,16). The fourth-order valence-electron chi connectivity index (χ4n) is 1.43. The number of hydrogen-bond donors (Lipinski definition) is 2. The number of phenolic OH excluding ortho intramolecular Hbond substituents is 1. The van der Waals surface area contributed by atoms with Gasteiger partial charge in [0.2, 0.25) is 5.76 Å². The van der Waals surface area contributed by atoms with Crippen LogP contribution in [0.4, 0.5) is 11.4 Å². The zero-order valence-corrected chi connectivity index (χ0v) is 9.78. The van der Waals surface area contributed by atoms with E-state index >= 15 is 0 Å². The molecule has 0 spiro atoms. The topological polar surface area (TPSA) is 119 Å². The second-order valence-electron chi connectivity index (χ2n) is 3.75. The summed E-state index contributed by atoms with van der Waals surface area (Å²) >= 11 is 0. The quantitative estimate of drug-likeness (QED) is 0.495. The summed E-state index contributed by atoms with van der Waals surface area (Å²) in [4.78, 5) is 21.8. The molecule has 1 aromatic heterocycles. The molecule has 0 aliphatic rings. The van der Waals surface area contributed by atoms with E-state index in [1.807, 2.05) is 0 Å². The summed E-state index contributed by atoms with van der Waals surface area (Å²) in [5.41, 5.74) is 0.194. The van der Waals surface area contributed by atoms with Crippen molar-refractivity contribution in [1.82, 2.24) is 5.16 Å². The highest BCUT2D eigenvalue weighted by atomic mass is 16.6. The van der Waals surface area contributed by atoms with Gasteiger partial charge in [-0.25, -0.2) is 0 Å². The maximum Gasteiger partial charge on any atom is 0.294 e. The fourth-order valence-corrected chi connectivity index (χ4v) is 1.43. The molecule has 98 valence electrons. The number of benzene rings is 1. The average Bonchev–Trinajstić information content (AvgIpc) is 2.78. The number of anilines is 1. The van der Waals surface area contributed by atoms with Gasteiger partial charge in [-0.2, -0.15) is 0 Å². The van der Waals surface area contributed by atoms with Crippen LogP contribution in [-0.2, 0) is 0 Å². The number of nitrogens with zero attached hydrogens (tertiary/aromatic N) is 2. The molecule has 2 rings (SSSR count). The molecule has 0 saturated carbocycles. The van der Waals surface area contributed by atoms with Crippen LogP contribution in [-0.4, -0.2) is 21.1 Å². The fraction of sp³-hybridized carbons (Fsp3) is 0.0909. The molecule has 19 heavy (non-hydrogen) atoms. The van der Waals surface area contributed by atoms with Gasteiger partial charge in [0, 0.05) is 17.7 Å². The number of aromatic hydroxyl groups is 1. The molecule has 8 nitrogen and oxygen atoms in total. The summed E-state index contributed by atoms with van der Waals surface area (Å²) in [7, 11) is 0. The third kappa shape index (κ3) is 2.51. The van der Waals surface area contributed by atoms with Crippen molar-refractivity contribution in [1.29, 1.82) is 0 Å². The van der Waals surface area contributed by atoms with Crippen LogP contribution >= 0.6 is 0 Å². The van der Waals surface area contributed by atoms with Crippen molar-refractivity contribution >= 4 is 17.3 Å². The summed E-state index contributed by atoms with van der Waals surface area (Å²) < 4.78 is 4.74. The van der Waals surface area contributed by atoms with Crippen LogP contribution < -0.4 is 5.32 Å². The number of amides is 1. The predicted octanol–water partition coefficient (Wildman–Crippen LogP) is 1.85. The number of nitro groups is 1. The van der Waals surface area contributed by atoms with Gasteiger partial charge in [-0.1, -0.05) is 5.16 Å². The van der Waals surface area contributed by atoms with E-state index in [1.165, 1.54) is 6.20 Å². The smallest absolute Gasteiger partial charge is 0.294 e. The van der Waals surface area contributed by atoms with Crippen molar-refractivity contribution in [3.8, 4) is 5.75 Å². The molecule has 8 heteroatoms. The Bertz CT molecular complexity index is 650. The number of nitrogens with one attached hydrogen (secondary N) is 1. The van der Waals surface area contributed by atoms with E-state index in [2.05, 4.69) is 10.5 Å². The van der Waals surface area contributed by atoms with Gasteiger partial charge in [0.15, 0.2) is 0 Å². The predicted molar refractivity (Wildman–Crippen MR) is 64.0 cm³/mol. The molecule has 0 atom stereocenters. The average molecular weight is 263 g/mol. The molecule has 0 radical (unpaired) electrons. The van der Waals surface area contributed by atoms with E-state index in [4.69, 9.17) is 4.52 Å². The first-order valence-electron chi connectivity index (χ1n) is 5.19. The zero-order valence-electron chi connectivity index (χ0n) is 9.78. The number of nitro benzene ring substituents is 1. The van der Waals surface area contributed by atoms with Crippen molar-refractivity contribution in [3.63, 3.8) is 0 Å². The van der Waals surface area contributed by atoms with Crippen LogP contribution in [0, 0.1) is 17.0 Å². The van der Waals surface area contributed by atoms with E-state index in [9.17, 15) is 20.0 Å². The van der Waals surface area contributed by atoms with E-state index in [0.717, 1.165) is 18.2 Å². The Morgan fingerprint density at radius 3 is 2.84 bits per heavy atom. The zero-order chi connectivity index (χ0) is 14.0. The SMILES string of the molecule is Cc1cnoc1C(=O)Nc1cc([N+](=O)[O-])ccc1O. The minimum absolute atomic E-state index is 0.0223. The highest BCUT2D eigenvalue weighted by molar-refractivity contribution is 6.04. The first-order valence-corrected chi connectivity index (χ1v) is 5.19. The summed E-state index contributed by atoms with van der Waals surface area (Å²) in [6.07, 6.45) is 1.36. The van der Waals surface area contributed by atoms with Crippen molar-refractivity contribution in [2.75, 3.05) is 5.32 Å². The molecule has 2 aromatic rings. The molecular formula is C11H9N3O5. The Morgan fingerprint density at radius 1 is 1.53 bits per heavy atom. The van der Waals surface area contributed by atoms with Gasteiger partial charge in [-0.05, 0) is 13.0 Å². The minimum Gasteiger partial charge on any atom is -0.506 e. The lowest BCUT2D eigenvalue weighted by Crippen LogP contribution is -2.12. The van der Waals surface area contributed by atoms with Crippen molar-refractivity contribution in [2.24, 2.45) is 0 Å². The number of carbonyl (C=O) groups is 1. The van der Waals surface area contributed by atoms with Crippen molar-refractivity contribution in [2.45, 2.75) is 6.92 Å². The van der Waals surface area contributed by atoms with E-state index in [1.54, 1.807) is 6.92 Å². The second-order valence-corrected chi connectivity index (χ2v) is 3.75. The van der Waals surface area contributed by atoms with Gasteiger partial charge in [-0.3, -0.25) is 14.9 Å². The normalized spacial score (nSPS) is 10.2. The lowest BCUT2D eigenvalue weighted by atomic mass is 10.2. The molecule has 0 fully saturated rings. The molecule has 0 aliphatic carbocycles. The molecule has 1 amide bonds. The van der Waals surface area contributed by atoms with Gasteiger partial charge in [-0.15, -0.1) is 0 Å². The van der Waals surface area contributed by atoms with Crippen LogP contribution in [0.25, 0.3) is 0 Å². The maximum atomic E-state index is 11.8. The van der Waals surface area contributed by atoms with Gasteiger partial charge < -0.3 is 14.9 Å². The van der Waals surface area contributed by atoms with Crippen molar-refractivity contribution < 1.29 is 19.3 Å². The van der Waals surface area contributed by atoms with Crippen LogP contribution in [0.1, 0.15) is 16.1 Å². The minimum atomic E-state index is -0.647. The highest BCUT2D eigenvalue weighted by Crippen LogP contribution is 2.28. The molecule has 2 N–H and O–H groups in total. The molecule has 0 bridgehead atoms. The molecule has 0 saturated heterocycles. The lowest BCUT2D eigenvalue weighted by molar-refractivity contribution is -0.384. The summed E-state index contributed by atoms with van der Waals surface area (Å²) in [6.45, 7) is 1.62. The van der Waals surface area contributed by atoms with Gasteiger partial charge in [0.05, 0.1) is 16.8 Å². The summed E-state index contributed by atoms with van der Waals surface area (Å²) in [6, 6.07) is 3.31. The first-order chi connectivity index (χ1) is 8.99. The Kier molecular flexibility index (Phi) is 3.15. The number of aryl methyl sites for hydroxylation is 1. The Hall–Kier alpha value is -2.90. The number of aromatic nitrogens is 1. The van der Waals surface area contributed by atoms with Crippen LogP contribution in [0.3, 0.4) is 0 Å². The Morgan fingerprint density at radius 2 is 2.26 bits per heavy atom. The molecular weight excluding hydrogens is 254 g/mol. The van der Waals surface area contributed by atoms with E-state index < -0.39 is 10.8 Å². The number of non-ortho nitro benzene ring substituents is 1. The van der Waals surface area contributed by atoms with Crippen molar-refractivity contribution in [3.05, 3.63) is 45.8 Å². The number of carbonyl (C=O) groups excluding carboxylic acids is 1. The van der Waals surface area contributed by atoms with E-state index in [-0.39, 0.29) is 22.9 Å². The maximum absolute atomic E-state index is 11.8. The summed E-state index contributed by atoms with van der Waals surface area (Å²) in [5.74, 6) is -0.951. The van der Waals surface area contributed by atoms with Gasteiger partial charge >= 0.3 is 0 Å². The largest absolute Gasteiger partial charge is 0.506 e. The Balaban J connectivity index is 2.28. The third-order valence-electron chi connectivity index (χ3n) is 2.39. The van der Waals surface area contributed by atoms with E-state index in [0.29, 0.717) is 5.56 Å². The van der Waals surface area contributed by atoms with Crippen LogP contribution in [0.15, 0.2) is 28.9 Å². The monoisotopic (exact) mass is 263 g/mol. The number of hydrogen-bond acceptors (Lipinski definition) is 6. The Labute approximate surface area is 106 Å². The number of rotatable bonds is 3. The molecule has 0 unspecified atom stereocenters. The third-order valence-corrected chi connectivity index (χ3v) is 2.39. The molecule has 1 aromatic carbocycles. The summed E-state index contributed by atoms with van der Waals surface area (Å²) in [5, 5.41) is 25.9. The number of phenols is 1. The molecule has 1 heterocycles. The second kappa shape index (κ2) is 4.77. The lowest BCUT2D eigenvalue weighted by Gasteiger charge is -2.05.